The number of nitrogens with zero attached hydrogens (tertiary/aromatic N) is 2. The van der Waals surface area contributed by atoms with Gasteiger partial charge in [-0.15, -0.1) is 0 Å². The van der Waals surface area contributed by atoms with Crippen LogP contribution in [0, 0.1) is 0 Å². The molecular formula is C25H46N2O. The summed E-state index contributed by atoms with van der Waals surface area (Å²) >= 11 is 0. The van der Waals surface area contributed by atoms with E-state index in [1.807, 2.05) is 12.1 Å². The van der Waals surface area contributed by atoms with E-state index in [1.165, 1.54) is 37.8 Å². The second-order valence-corrected chi connectivity index (χ2v) is 10.0. The number of fused-ring (bicyclic) bond motifs is 3. The molecular weight excluding hydrogens is 344 g/mol. The molecule has 1 aromatic rings. The molecule has 2 saturated heterocycles. The highest BCUT2D eigenvalue weighted by atomic mass is 16.5. The highest BCUT2D eigenvalue weighted by Crippen LogP contribution is 2.40. The summed E-state index contributed by atoms with van der Waals surface area (Å²) in [5, 5.41) is 0. The molecule has 3 heteroatoms. The van der Waals surface area contributed by atoms with E-state index in [4.69, 9.17) is 4.74 Å². The van der Waals surface area contributed by atoms with Crippen molar-refractivity contribution >= 4 is 5.69 Å². The number of rotatable bonds is 0. The van der Waals surface area contributed by atoms with Crippen molar-refractivity contribution < 1.29 is 4.74 Å². The van der Waals surface area contributed by atoms with Gasteiger partial charge in [0.15, 0.2) is 0 Å². The fourth-order valence-corrected chi connectivity index (χ4v) is 5.08. The lowest BCUT2D eigenvalue weighted by molar-refractivity contribution is 0.0441. The van der Waals surface area contributed by atoms with E-state index in [-0.39, 0.29) is 20.4 Å². The number of hydrogen-bond donors (Lipinski definition) is 0. The molecule has 2 fully saturated rings. The SMILES string of the molecule is C.C.CC(C)(C)N1C2CCCC1CC2.CC(C)(C)N1CCOc2ccccc21. The lowest BCUT2D eigenvalue weighted by Crippen LogP contribution is -2.51. The molecule has 0 N–H and O–H groups in total. The second-order valence-electron chi connectivity index (χ2n) is 10.0. The summed E-state index contributed by atoms with van der Waals surface area (Å²) in [6.07, 6.45) is 7.30. The third kappa shape index (κ3) is 5.43. The Balaban J connectivity index is 0.000000264. The third-order valence-electron chi connectivity index (χ3n) is 6.01. The van der Waals surface area contributed by atoms with Crippen LogP contribution in [-0.4, -0.2) is 41.2 Å². The zero-order valence-corrected chi connectivity index (χ0v) is 17.7. The number of ether oxygens (including phenoxy) is 1. The van der Waals surface area contributed by atoms with Crippen LogP contribution < -0.4 is 9.64 Å². The van der Waals surface area contributed by atoms with Gasteiger partial charge in [0.25, 0.3) is 0 Å². The molecule has 2 atom stereocenters. The molecule has 162 valence electrons. The molecule has 3 nitrogen and oxygen atoms in total. The Morgan fingerprint density at radius 3 is 1.89 bits per heavy atom. The normalized spacial score (nSPS) is 24.0. The minimum atomic E-state index is 0. The van der Waals surface area contributed by atoms with E-state index in [0.29, 0.717) is 5.54 Å². The Hall–Kier alpha value is -1.22. The van der Waals surface area contributed by atoms with Crippen LogP contribution in [-0.2, 0) is 0 Å². The first-order valence-electron chi connectivity index (χ1n) is 10.5. The summed E-state index contributed by atoms with van der Waals surface area (Å²) < 4.78 is 5.61. The van der Waals surface area contributed by atoms with Gasteiger partial charge in [-0.05, 0) is 79.4 Å². The van der Waals surface area contributed by atoms with Crippen molar-refractivity contribution in [3.63, 3.8) is 0 Å². The number of piperidine rings is 1. The van der Waals surface area contributed by atoms with Gasteiger partial charge in [-0.2, -0.15) is 0 Å². The summed E-state index contributed by atoms with van der Waals surface area (Å²) in [5.74, 6) is 1.01. The Kier molecular flexibility index (Phi) is 8.44. The number of hydrogen-bond acceptors (Lipinski definition) is 3. The van der Waals surface area contributed by atoms with Crippen LogP contribution in [0.4, 0.5) is 5.69 Å². The van der Waals surface area contributed by atoms with Gasteiger partial charge in [0.05, 0.1) is 12.2 Å². The average molecular weight is 391 g/mol. The number of benzene rings is 1. The van der Waals surface area contributed by atoms with Crippen LogP contribution in [0.1, 0.15) is 88.5 Å². The Morgan fingerprint density at radius 1 is 0.821 bits per heavy atom. The monoisotopic (exact) mass is 390 g/mol. The smallest absolute Gasteiger partial charge is 0.142 e. The van der Waals surface area contributed by atoms with E-state index in [9.17, 15) is 0 Å². The molecule has 3 heterocycles. The minimum Gasteiger partial charge on any atom is -0.490 e. The van der Waals surface area contributed by atoms with Crippen LogP contribution in [0.25, 0.3) is 0 Å². The largest absolute Gasteiger partial charge is 0.490 e. The Labute approximate surface area is 175 Å². The standard InChI is InChI=1S/C12H17NO.C11H21N.2CH4/c1-12(2,3)13-8-9-14-11-7-5-4-6-10(11)13;1-11(2,3)12-9-5-4-6-10(12)8-7-9;;/h4-7H,8-9H2,1-3H3;9-10H,4-8H2,1-3H3;2*1H4. The molecule has 0 radical (unpaired) electrons. The fraction of sp³-hybridized carbons (Fsp3) is 0.760. The molecule has 2 unspecified atom stereocenters. The first-order valence-corrected chi connectivity index (χ1v) is 10.5. The predicted octanol–water partition coefficient (Wildman–Crippen LogP) is 6.76. The third-order valence-corrected chi connectivity index (χ3v) is 6.01. The maximum atomic E-state index is 5.61. The minimum absolute atomic E-state index is 0. The van der Waals surface area contributed by atoms with Crippen molar-refractivity contribution in [1.82, 2.24) is 4.90 Å². The van der Waals surface area contributed by atoms with E-state index < -0.39 is 0 Å². The molecule has 0 amide bonds. The summed E-state index contributed by atoms with van der Waals surface area (Å²) in [7, 11) is 0. The summed E-state index contributed by atoms with van der Waals surface area (Å²) in [5.41, 5.74) is 1.79. The van der Waals surface area contributed by atoms with Crippen molar-refractivity contribution in [2.24, 2.45) is 0 Å². The Morgan fingerprint density at radius 2 is 1.39 bits per heavy atom. The lowest BCUT2D eigenvalue weighted by atomic mass is 9.95. The quantitative estimate of drug-likeness (QED) is 0.487. The summed E-state index contributed by atoms with van der Waals surface area (Å²) in [4.78, 5) is 5.17. The van der Waals surface area contributed by atoms with Crippen molar-refractivity contribution in [3.05, 3.63) is 24.3 Å². The predicted molar refractivity (Wildman–Crippen MR) is 125 cm³/mol. The van der Waals surface area contributed by atoms with E-state index in [1.54, 1.807) is 0 Å². The molecule has 2 bridgehead atoms. The molecule has 0 saturated carbocycles. The van der Waals surface area contributed by atoms with Crippen molar-refractivity contribution in [1.29, 1.82) is 0 Å². The van der Waals surface area contributed by atoms with Gasteiger partial charge in [0.2, 0.25) is 0 Å². The molecule has 28 heavy (non-hydrogen) atoms. The molecule has 1 aromatic carbocycles. The molecule has 4 rings (SSSR count). The molecule has 3 aliphatic heterocycles. The van der Waals surface area contributed by atoms with Crippen molar-refractivity contribution in [2.45, 2.75) is 112 Å². The zero-order valence-electron chi connectivity index (χ0n) is 17.7. The maximum Gasteiger partial charge on any atom is 0.142 e. The number of anilines is 1. The number of para-hydroxylation sites is 2. The molecule has 0 aromatic heterocycles. The van der Waals surface area contributed by atoms with Gasteiger partial charge in [-0.1, -0.05) is 33.4 Å². The van der Waals surface area contributed by atoms with Crippen molar-refractivity contribution in [2.75, 3.05) is 18.1 Å². The van der Waals surface area contributed by atoms with Crippen LogP contribution in [0.3, 0.4) is 0 Å². The molecule has 3 aliphatic rings. The van der Waals surface area contributed by atoms with Gasteiger partial charge < -0.3 is 9.64 Å². The van der Waals surface area contributed by atoms with Crippen molar-refractivity contribution in [3.8, 4) is 5.75 Å². The first-order chi connectivity index (χ1) is 12.2. The van der Waals surface area contributed by atoms with Crippen LogP contribution in [0.2, 0.25) is 0 Å². The maximum absolute atomic E-state index is 5.61. The fourth-order valence-electron chi connectivity index (χ4n) is 5.08. The van der Waals surface area contributed by atoms with Crippen LogP contribution >= 0.6 is 0 Å². The lowest BCUT2D eigenvalue weighted by Gasteiger charge is -2.44. The van der Waals surface area contributed by atoms with E-state index in [2.05, 4.69) is 63.5 Å². The first kappa shape index (κ1) is 24.8. The zero-order chi connectivity index (χ0) is 18.9. The Bertz CT molecular complexity index is 583. The highest BCUT2D eigenvalue weighted by Gasteiger charge is 2.41. The summed E-state index contributed by atoms with van der Waals surface area (Å²) in [6.45, 7) is 15.5. The summed E-state index contributed by atoms with van der Waals surface area (Å²) in [6, 6.07) is 10.1. The highest BCUT2D eigenvalue weighted by molar-refractivity contribution is 5.61. The second kappa shape index (κ2) is 9.52. The topological polar surface area (TPSA) is 15.7 Å². The van der Waals surface area contributed by atoms with Gasteiger partial charge >= 0.3 is 0 Å². The van der Waals surface area contributed by atoms with Gasteiger partial charge in [-0.3, -0.25) is 4.90 Å². The van der Waals surface area contributed by atoms with Gasteiger partial charge in [0, 0.05) is 23.2 Å². The molecule has 0 spiro atoms. The van der Waals surface area contributed by atoms with Crippen LogP contribution in [0.5, 0.6) is 5.75 Å². The van der Waals surface area contributed by atoms with Crippen LogP contribution in [0.15, 0.2) is 24.3 Å². The van der Waals surface area contributed by atoms with E-state index in [0.717, 1.165) is 31.0 Å². The average Bonchev–Trinajstić information content (AvgIpc) is 2.85. The van der Waals surface area contributed by atoms with E-state index >= 15 is 0 Å². The molecule has 0 aliphatic carbocycles. The van der Waals surface area contributed by atoms with Gasteiger partial charge in [-0.25, -0.2) is 0 Å². The van der Waals surface area contributed by atoms with Gasteiger partial charge in [0.1, 0.15) is 12.4 Å².